The van der Waals surface area contributed by atoms with Gasteiger partial charge in [0.05, 0.1) is 5.52 Å². The average Bonchev–Trinajstić information content (AvgIpc) is 2.60. The summed E-state index contributed by atoms with van der Waals surface area (Å²) >= 11 is 0. The molecule has 0 spiro atoms. The van der Waals surface area contributed by atoms with E-state index < -0.39 is 11.2 Å². The summed E-state index contributed by atoms with van der Waals surface area (Å²) in [6, 6.07) is 15.8. The highest BCUT2D eigenvalue weighted by atomic mass is 16.4. The summed E-state index contributed by atoms with van der Waals surface area (Å²) in [5.41, 5.74) is 0.143. The summed E-state index contributed by atoms with van der Waals surface area (Å²) in [4.78, 5) is 25.2. The van der Waals surface area contributed by atoms with Gasteiger partial charge in [0.2, 0.25) is 0 Å². The number of hydrogen-bond donors (Lipinski definition) is 1. The van der Waals surface area contributed by atoms with Gasteiger partial charge in [0.15, 0.2) is 5.58 Å². The van der Waals surface area contributed by atoms with Crippen LogP contribution in [0.2, 0.25) is 0 Å². The van der Waals surface area contributed by atoms with E-state index in [0.29, 0.717) is 16.5 Å². The summed E-state index contributed by atoms with van der Waals surface area (Å²) in [5.74, 6) is -0.348. The zero-order valence-corrected chi connectivity index (χ0v) is 12.8. The van der Waals surface area contributed by atoms with Gasteiger partial charge in [0.25, 0.3) is 5.56 Å². The molecule has 0 radical (unpaired) electrons. The molecule has 0 atom stereocenters. The van der Waals surface area contributed by atoms with Crippen LogP contribution in [0.1, 0.15) is 0 Å². The number of aryl methyl sites for hydroxylation is 1. The lowest BCUT2D eigenvalue weighted by Gasteiger charge is -2.11. The van der Waals surface area contributed by atoms with Crippen molar-refractivity contribution in [3.05, 3.63) is 75.4 Å². The second kappa shape index (κ2) is 5.09. The number of benzene rings is 2. The molecule has 0 fully saturated rings. The number of aromatic hydroxyl groups is 1. The number of nitrogens with zero attached hydrogens (tertiary/aromatic N) is 1. The van der Waals surface area contributed by atoms with Crippen LogP contribution in [-0.2, 0) is 7.05 Å². The smallest absolute Gasteiger partial charge is 0.348 e. The van der Waals surface area contributed by atoms with Crippen molar-refractivity contribution in [1.29, 1.82) is 0 Å². The van der Waals surface area contributed by atoms with Crippen molar-refractivity contribution in [3.63, 3.8) is 0 Å². The lowest BCUT2D eigenvalue weighted by molar-refractivity contribution is 0.470. The van der Waals surface area contributed by atoms with Gasteiger partial charge in [-0.25, -0.2) is 4.79 Å². The van der Waals surface area contributed by atoms with E-state index in [2.05, 4.69) is 0 Å². The Morgan fingerprint density at radius 1 is 0.958 bits per heavy atom. The maximum atomic E-state index is 12.7. The molecule has 0 aliphatic rings. The maximum absolute atomic E-state index is 12.7. The van der Waals surface area contributed by atoms with Gasteiger partial charge >= 0.3 is 5.63 Å². The van der Waals surface area contributed by atoms with Gasteiger partial charge < -0.3 is 14.1 Å². The number of pyridine rings is 1. The molecular formula is C19H13NO4. The summed E-state index contributed by atoms with van der Waals surface area (Å²) < 4.78 is 6.88. The Morgan fingerprint density at radius 2 is 1.62 bits per heavy atom. The molecule has 24 heavy (non-hydrogen) atoms. The SMILES string of the molecule is Cn1c(=O)c2c(O)c(-c3ccccc3)c(=O)oc2c2ccccc21. The predicted octanol–water partition coefficient (Wildman–Crippen LogP) is 3.02. The molecule has 2 heterocycles. The zero-order chi connectivity index (χ0) is 16.8. The van der Waals surface area contributed by atoms with E-state index >= 15 is 0 Å². The minimum absolute atomic E-state index is 0.00418. The van der Waals surface area contributed by atoms with Crippen LogP contribution in [0.4, 0.5) is 0 Å². The van der Waals surface area contributed by atoms with Crippen molar-refractivity contribution in [2.24, 2.45) is 7.05 Å². The number of para-hydroxylation sites is 1. The van der Waals surface area contributed by atoms with E-state index in [9.17, 15) is 14.7 Å². The molecule has 0 bridgehead atoms. The number of hydrogen-bond acceptors (Lipinski definition) is 4. The van der Waals surface area contributed by atoms with Crippen molar-refractivity contribution < 1.29 is 9.52 Å². The lowest BCUT2D eigenvalue weighted by atomic mass is 10.0. The fourth-order valence-corrected chi connectivity index (χ4v) is 3.01. The minimum Gasteiger partial charge on any atom is -0.506 e. The lowest BCUT2D eigenvalue weighted by Crippen LogP contribution is -2.19. The van der Waals surface area contributed by atoms with Crippen LogP contribution in [0.3, 0.4) is 0 Å². The zero-order valence-electron chi connectivity index (χ0n) is 12.8. The van der Waals surface area contributed by atoms with E-state index in [1.165, 1.54) is 4.57 Å². The molecule has 0 aliphatic heterocycles. The van der Waals surface area contributed by atoms with E-state index in [1.807, 2.05) is 0 Å². The van der Waals surface area contributed by atoms with Gasteiger partial charge in [0.1, 0.15) is 16.7 Å². The van der Waals surface area contributed by atoms with Crippen LogP contribution in [0.5, 0.6) is 5.75 Å². The van der Waals surface area contributed by atoms with Crippen molar-refractivity contribution in [2.45, 2.75) is 0 Å². The highest BCUT2D eigenvalue weighted by Gasteiger charge is 2.21. The maximum Gasteiger partial charge on any atom is 0.348 e. The molecule has 4 aromatic rings. The Morgan fingerprint density at radius 3 is 2.38 bits per heavy atom. The third-order valence-corrected chi connectivity index (χ3v) is 4.19. The first-order valence-electron chi connectivity index (χ1n) is 7.42. The van der Waals surface area contributed by atoms with Gasteiger partial charge in [0, 0.05) is 12.4 Å². The summed E-state index contributed by atoms with van der Waals surface area (Å²) in [7, 11) is 1.62. The standard InChI is InChI=1S/C19H13NO4/c1-20-13-10-6-5-9-12(13)17-15(18(20)22)16(21)14(19(23)24-17)11-7-3-2-4-8-11/h2-10,21H,1H3. The van der Waals surface area contributed by atoms with E-state index in [0.717, 1.165) is 0 Å². The van der Waals surface area contributed by atoms with Crippen molar-refractivity contribution in [1.82, 2.24) is 4.57 Å². The molecule has 5 nitrogen and oxygen atoms in total. The Hall–Kier alpha value is -3.34. The van der Waals surface area contributed by atoms with Crippen molar-refractivity contribution in [3.8, 4) is 16.9 Å². The molecule has 4 rings (SSSR count). The van der Waals surface area contributed by atoms with Gasteiger partial charge in [-0.1, -0.05) is 42.5 Å². The third-order valence-electron chi connectivity index (χ3n) is 4.19. The first kappa shape index (κ1) is 14.3. The van der Waals surface area contributed by atoms with Gasteiger partial charge in [-0.2, -0.15) is 0 Å². The van der Waals surface area contributed by atoms with Crippen LogP contribution in [0.25, 0.3) is 33.0 Å². The largest absolute Gasteiger partial charge is 0.506 e. The number of fused-ring (bicyclic) bond motifs is 3. The monoisotopic (exact) mass is 319 g/mol. The molecule has 2 aromatic heterocycles. The van der Waals surface area contributed by atoms with Crippen LogP contribution >= 0.6 is 0 Å². The van der Waals surface area contributed by atoms with Crippen LogP contribution in [0, 0.1) is 0 Å². The van der Waals surface area contributed by atoms with Crippen molar-refractivity contribution >= 4 is 21.9 Å². The Labute approximate surface area is 136 Å². The van der Waals surface area contributed by atoms with Crippen molar-refractivity contribution in [2.75, 3.05) is 0 Å². The molecule has 0 saturated heterocycles. The molecule has 0 saturated carbocycles. The molecule has 1 N–H and O–H groups in total. The van der Waals surface area contributed by atoms with E-state index in [1.54, 1.807) is 61.6 Å². The highest BCUT2D eigenvalue weighted by Crippen LogP contribution is 2.33. The molecule has 2 aromatic carbocycles. The predicted molar refractivity (Wildman–Crippen MR) is 92.3 cm³/mol. The molecule has 0 aliphatic carbocycles. The second-order valence-corrected chi connectivity index (χ2v) is 5.56. The molecular weight excluding hydrogens is 306 g/mol. The third kappa shape index (κ3) is 1.88. The summed E-state index contributed by atoms with van der Waals surface area (Å²) in [6.07, 6.45) is 0. The highest BCUT2D eigenvalue weighted by molar-refractivity contribution is 6.05. The topological polar surface area (TPSA) is 72.4 Å². The summed E-state index contributed by atoms with van der Waals surface area (Å²) in [6.45, 7) is 0. The number of aromatic nitrogens is 1. The van der Waals surface area contributed by atoms with Gasteiger partial charge in [-0.05, 0) is 17.7 Å². The van der Waals surface area contributed by atoms with Gasteiger partial charge in [-0.3, -0.25) is 4.79 Å². The van der Waals surface area contributed by atoms with Crippen LogP contribution in [0.15, 0.2) is 68.6 Å². The molecule has 0 amide bonds. The van der Waals surface area contributed by atoms with Crippen LogP contribution < -0.4 is 11.2 Å². The Balaban J connectivity index is 2.27. The fraction of sp³-hybridized carbons (Fsp3) is 0.0526. The Kier molecular flexibility index (Phi) is 3.03. The first-order chi connectivity index (χ1) is 11.6. The van der Waals surface area contributed by atoms with E-state index in [-0.39, 0.29) is 22.3 Å². The quantitative estimate of drug-likeness (QED) is 0.547. The molecule has 118 valence electrons. The number of rotatable bonds is 1. The minimum atomic E-state index is -0.676. The molecule has 5 heteroatoms. The van der Waals surface area contributed by atoms with Crippen LogP contribution in [-0.4, -0.2) is 9.67 Å². The molecule has 0 unspecified atom stereocenters. The normalized spacial score (nSPS) is 11.2. The second-order valence-electron chi connectivity index (χ2n) is 5.56. The average molecular weight is 319 g/mol. The fourth-order valence-electron chi connectivity index (χ4n) is 3.01. The Bertz CT molecular complexity index is 1200. The van der Waals surface area contributed by atoms with E-state index in [4.69, 9.17) is 4.42 Å². The summed E-state index contributed by atoms with van der Waals surface area (Å²) in [5, 5.41) is 11.3. The van der Waals surface area contributed by atoms with Gasteiger partial charge in [-0.15, -0.1) is 0 Å². The first-order valence-corrected chi connectivity index (χ1v) is 7.42.